The average molecular weight is 280 g/mol. The maximum Gasteiger partial charge on any atom is 0.242 e. The molecule has 0 bridgehead atoms. The lowest BCUT2D eigenvalue weighted by Gasteiger charge is -2.33. The van der Waals surface area contributed by atoms with Gasteiger partial charge in [-0.1, -0.05) is 0 Å². The van der Waals surface area contributed by atoms with E-state index in [0.29, 0.717) is 0 Å². The zero-order valence-electron chi connectivity index (χ0n) is 12.4. The number of hydrogen-bond acceptors (Lipinski definition) is 4. The Balaban J connectivity index is 1.95. The second-order valence-electron chi connectivity index (χ2n) is 5.69. The van der Waals surface area contributed by atoms with Crippen LogP contribution in [-0.2, 0) is 4.79 Å². The summed E-state index contributed by atoms with van der Waals surface area (Å²) in [4.78, 5) is 14.4. The van der Waals surface area contributed by atoms with Crippen molar-refractivity contribution in [2.24, 2.45) is 0 Å². The summed E-state index contributed by atoms with van der Waals surface area (Å²) in [5.74, 6) is 0.706. The number of carbonyl (C=O) groups is 1. The Labute approximate surface area is 119 Å². The van der Waals surface area contributed by atoms with Crippen molar-refractivity contribution in [2.45, 2.75) is 51.8 Å². The minimum Gasteiger partial charge on any atom is -0.393 e. The van der Waals surface area contributed by atoms with Gasteiger partial charge in [0.1, 0.15) is 5.82 Å². The molecule has 1 aromatic rings. The van der Waals surface area contributed by atoms with E-state index in [1.54, 1.807) is 10.9 Å². The number of aliphatic hydroxyl groups is 1. The molecule has 6 nitrogen and oxygen atoms in total. The Morgan fingerprint density at radius 2 is 2.05 bits per heavy atom. The number of anilines is 1. The van der Waals surface area contributed by atoms with Gasteiger partial charge in [-0.25, -0.2) is 4.68 Å². The number of piperidine rings is 1. The van der Waals surface area contributed by atoms with E-state index in [0.717, 1.165) is 31.7 Å². The van der Waals surface area contributed by atoms with Crippen LogP contribution in [0.4, 0.5) is 5.82 Å². The van der Waals surface area contributed by atoms with Gasteiger partial charge in [0.2, 0.25) is 5.91 Å². The molecule has 0 spiro atoms. The van der Waals surface area contributed by atoms with Gasteiger partial charge < -0.3 is 10.4 Å². The van der Waals surface area contributed by atoms with Gasteiger partial charge in [-0.2, -0.15) is 5.10 Å². The lowest BCUT2D eigenvalue weighted by atomic mass is 10.1. The highest BCUT2D eigenvalue weighted by molar-refractivity contribution is 5.93. The number of nitrogens with one attached hydrogen (secondary N) is 1. The summed E-state index contributed by atoms with van der Waals surface area (Å²) in [6, 6.07) is 1.82. The molecular weight excluding hydrogens is 256 g/mol. The van der Waals surface area contributed by atoms with Crippen LogP contribution in [0.25, 0.3) is 0 Å². The molecule has 1 saturated heterocycles. The van der Waals surface area contributed by atoms with Crippen LogP contribution in [0.15, 0.2) is 12.3 Å². The molecule has 2 heterocycles. The number of carbonyl (C=O) groups excluding carboxylic acids is 1. The van der Waals surface area contributed by atoms with Crippen LogP contribution in [0.3, 0.4) is 0 Å². The van der Waals surface area contributed by atoms with E-state index in [1.165, 1.54) is 0 Å². The summed E-state index contributed by atoms with van der Waals surface area (Å²) in [5.41, 5.74) is 0. The van der Waals surface area contributed by atoms with E-state index in [9.17, 15) is 9.90 Å². The molecule has 0 radical (unpaired) electrons. The van der Waals surface area contributed by atoms with E-state index in [2.05, 4.69) is 15.3 Å². The standard InChI is InChI=1S/C14H24N4O2/c1-10(2)18-13(4-7-15-18)16-14(20)11(3)17-8-5-12(19)6-9-17/h4,7,10-12,19H,5-6,8-9H2,1-3H3,(H,16,20). The Bertz CT molecular complexity index is 450. The second-order valence-corrected chi connectivity index (χ2v) is 5.69. The third kappa shape index (κ3) is 3.37. The number of hydrogen-bond donors (Lipinski definition) is 2. The van der Waals surface area contributed by atoms with Gasteiger partial charge in [-0.15, -0.1) is 0 Å². The molecule has 2 rings (SSSR count). The molecule has 1 aliphatic heterocycles. The van der Waals surface area contributed by atoms with Crippen molar-refractivity contribution >= 4 is 11.7 Å². The third-order valence-corrected chi connectivity index (χ3v) is 3.84. The average Bonchev–Trinajstić information content (AvgIpc) is 2.87. The number of aliphatic hydroxyl groups excluding tert-OH is 1. The molecule has 0 aromatic carbocycles. The smallest absolute Gasteiger partial charge is 0.242 e. The molecule has 1 aromatic heterocycles. The molecule has 112 valence electrons. The molecule has 1 atom stereocenters. The fourth-order valence-corrected chi connectivity index (χ4v) is 2.49. The van der Waals surface area contributed by atoms with Gasteiger partial charge in [0.25, 0.3) is 0 Å². The topological polar surface area (TPSA) is 70.4 Å². The van der Waals surface area contributed by atoms with Crippen molar-refractivity contribution in [3.63, 3.8) is 0 Å². The van der Waals surface area contributed by atoms with Gasteiger partial charge in [0, 0.05) is 25.2 Å². The first-order valence-electron chi connectivity index (χ1n) is 7.25. The highest BCUT2D eigenvalue weighted by Gasteiger charge is 2.26. The second kappa shape index (κ2) is 6.37. The number of rotatable bonds is 4. The van der Waals surface area contributed by atoms with E-state index in [1.807, 2.05) is 26.8 Å². The Morgan fingerprint density at radius 1 is 1.40 bits per heavy atom. The Morgan fingerprint density at radius 3 is 2.65 bits per heavy atom. The van der Waals surface area contributed by atoms with Crippen molar-refractivity contribution in [3.05, 3.63) is 12.3 Å². The first-order chi connectivity index (χ1) is 9.49. The van der Waals surface area contributed by atoms with E-state index in [-0.39, 0.29) is 24.1 Å². The lowest BCUT2D eigenvalue weighted by Crippen LogP contribution is -2.47. The lowest BCUT2D eigenvalue weighted by molar-refractivity contribution is -0.121. The molecule has 1 unspecified atom stereocenters. The maximum atomic E-state index is 12.3. The minimum atomic E-state index is -0.219. The van der Waals surface area contributed by atoms with Crippen LogP contribution >= 0.6 is 0 Å². The normalized spacial score (nSPS) is 19.2. The van der Waals surface area contributed by atoms with Crippen molar-refractivity contribution in [1.29, 1.82) is 0 Å². The van der Waals surface area contributed by atoms with Gasteiger partial charge >= 0.3 is 0 Å². The van der Waals surface area contributed by atoms with Crippen molar-refractivity contribution in [3.8, 4) is 0 Å². The van der Waals surface area contributed by atoms with Crippen LogP contribution in [0.1, 0.15) is 39.7 Å². The number of amides is 1. The molecule has 6 heteroatoms. The molecule has 1 amide bonds. The minimum absolute atomic E-state index is 0.0243. The molecule has 0 saturated carbocycles. The Kier molecular flexibility index (Phi) is 4.77. The molecule has 1 aliphatic rings. The SMILES string of the molecule is CC(C(=O)Nc1ccnn1C(C)C)N1CCC(O)CC1. The number of aromatic nitrogens is 2. The zero-order chi connectivity index (χ0) is 14.7. The van der Waals surface area contributed by atoms with Gasteiger partial charge in [0.05, 0.1) is 18.3 Å². The monoisotopic (exact) mass is 280 g/mol. The summed E-state index contributed by atoms with van der Waals surface area (Å²) in [6.45, 7) is 7.48. The highest BCUT2D eigenvalue weighted by Crippen LogP contribution is 2.16. The van der Waals surface area contributed by atoms with Crippen LogP contribution in [0.5, 0.6) is 0 Å². The predicted molar refractivity (Wildman–Crippen MR) is 77.5 cm³/mol. The summed E-state index contributed by atoms with van der Waals surface area (Å²) >= 11 is 0. The quantitative estimate of drug-likeness (QED) is 0.871. The van der Waals surface area contributed by atoms with Gasteiger partial charge in [-0.3, -0.25) is 9.69 Å². The van der Waals surface area contributed by atoms with Gasteiger partial charge in [-0.05, 0) is 33.6 Å². The molecular formula is C14H24N4O2. The van der Waals surface area contributed by atoms with Crippen LogP contribution in [0, 0.1) is 0 Å². The van der Waals surface area contributed by atoms with Crippen LogP contribution in [0.2, 0.25) is 0 Å². The van der Waals surface area contributed by atoms with E-state index in [4.69, 9.17) is 0 Å². The fourth-order valence-electron chi connectivity index (χ4n) is 2.49. The first-order valence-corrected chi connectivity index (χ1v) is 7.25. The Hall–Kier alpha value is -1.40. The summed E-state index contributed by atoms with van der Waals surface area (Å²) in [5, 5.41) is 16.7. The summed E-state index contributed by atoms with van der Waals surface area (Å²) in [7, 11) is 0. The third-order valence-electron chi connectivity index (χ3n) is 3.84. The molecule has 0 aliphatic carbocycles. The zero-order valence-corrected chi connectivity index (χ0v) is 12.4. The first kappa shape index (κ1) is 15.0. The maximum absolute atomic E-state index is 12.3. The fraction of sp³-hybridized carbons (Fsp3) is 0.714. The highest BCUT2D eigenvalue weighted by atomic mass is 16.3. The summed E-state index contributed by atoms with van der Waals surface area (Å²) in [6.07, 6.45) is 2.95. The van der Waals surface area contributed by atoms with Crippen LogP contribution in [-0.4, -0.2) is 50.9 Å². The largest absolute Gasteiger partial charge is 0.393 e. The molecule has 1 fully saturated rings. The van der Waals surface area contributed by atoms with Crippen molar-refractivity contribution in [2.75, 3.05) is 18.4 Å². The number of nitrogens with zero attached hydrogens (tertiary/aromatic N) is 3. The predicted octanol–water partition coefficient (Wildman–Crippen LogP) is 1.25. The van der Waals surface area contributed by atoms with Crippen LogP contribution < -0.4 is 5.32 Å². The summed E-state index contributed by atoms with van der Waals surface area (Å²) < 4.78 is 1.80. The van der Waals surface area contributed by atoms with Gasteiger partial charge in [0.15, 0.2) is 0 Å². The van der Waals surface area contributed by atoms with Crippen molar-refractivity contribution in [1.82, 2.24) is 14.7 Å². The van der Waals surface area contributed by atoms with E-state index >= 15 is 0 Å². The molecule has 2 N–H and O–H groups in total. The number of likely N-dealkylation sites (tertiary alicyclic amines) is 1. The van der Waals surface area contributed by atoms with E-state index < -0.39 is 0 Å². The van der Waals surface area contributed by atoms with Crippen molar-refractivity contribution < 1.29 is 9.90 Å². The molecule has 20 heavy (non-hydrogen) atoms.